The van der Waals surface area contributed by atoms with E-state index >= 15 is 0 Å². The van der Waals surface area contributed by atoms with Crippen LogP contribution in [0.25, 0.3) is 11.0 Å². The van der Waals surface area contributed by atoms with Crippen LogP contribution in [0.4, 0.5) is 4.39 Å². The normalized spacial score (nSPS) is 19.3. The Morgan fingerprint density at radius 3 is 3.13 bits per heavy atom. The standard InChI is InChI=1S/C18H18FN3O/c19-15-3-4-18-14(8-15)9-16(23-18)12-22-7-6-21-11-17(22)13-2-1-5-20-10-13/h1-5,8-10,17,21H,6-7,11-12H2. The van der Waals surface area contributed by atoms with Crippen molar-refractivity contribution in [1.29, 1.82) is 0 Å². The highest BCUT2D eigenvalue weighted by Gasteiger charge is 2.24. The molecule has 2 aromatic heterocycles. The summed E-state index contributed by atoms with van der Waals surface area (Å²) in [5.41, 5.74) is 1.93. The summed E-state index contributed by atoms with van der Waals surface area (Å²) in [6.45, 7) is 3.48. The van der Waals surface area contributed by atoms with Crippen LogP contribution >= 0.6 is 0 Å². The number of nitrogens with zero attached hydrogens (tertiary/aromatic N) is 2. The average Bonchev–Trinajstić information content (AvgIpc) is 2.97. The zero-order valence-electron chi connectivity index (χ0n) is 12.7. The van der Waals surface area contributed by atoms with Crippen LogP contribution in [0.2, 0.25) is 0 Å². The Kier molecular flexibility index (Phi) is 3.81. The minimum Gasteiger partial charge on any atom is -0.460 e. The molecule has 1 aliphatic heterocycles. The van der Waals surface area contributed by atoms with E-state index in [-0.39, 0.29) is 11.9 Å². The fourth-order valence-corrected chi connectivity index (χ4v) is 3.18. The maximum absolute atomic E-state index is 13.3. The van der Waals surface area contributed by atoms with Gasteiger partial charge in [0.15, 0.2) is 0 Å². The molecule has 1 unspecified atom stereocenters. The maximum Gasteiger partial charge on any atom is 0.134 e. The molecular formula is C18H18FN3O. The zero-order chi connectivity index (χ0) is 15.6. The van der Waals surface area contributed by atoms with Crippen LogP contribution < -0.4 is 5.32 Å². The molecule has 1 N–H and O–H groups in total. The van der Waals surface area contributed by atoms with Gasteiger partial charge in [-0.25, -0.2) is 4.39 Å². The van der Waals surface area contributed by atoms with Gasteiger partial charge >= 0.3 is 0 Å². The lowest BCUT2D eigenvalue weighted by molar-refractivity contribution is 0.143. The van der Waals surface area contributed by atoms with E-state index in [0.29, 0.717) is 6.54 Å². The van der Waals surface area contributed by atoms with Gasteiger partial charge in [0.2, 0.25) is 0 Å². The summed E-state index contributed by atoms with van der Waals surface area (Å²) in [6, 6.07) is 10.9. The molecule has 1 aliphatic rings. The molecule has 3 aromatic rings. The predicted molar refractivity (Wildman–Crippen MR) is 86.4 cm³/mol. The van der Waals surface area contributed by atoms with E-state index in [4.69, 9.17) is 4.42 Å². The largest absolute Gasteiger partial charge is 0.460 e. The highest BCUT2D eigenvalue weighted by molar-refractivity contribution is 5.77. The molecule has 4 rings (SSSR count). The number of benzene rings is 1. The number of pyridine rings is 1. The van der Waals surface area contributed by atoms with Crippen molar-refractivity contribution in [3.8, 4) is 0 Å². The number of piperazine rings is 1. The molecule has 3 heterocycles. The molecule has 0 aliphatic carbocycles. The highest BCUT2D eigenvalue weighted by Crippen LogP contribution is 2.26. The summed E-state index contributed by atoms with van der Waals surface area (Å²) in [5, 5.41) is 4.25. The number of halogens is 1. The number of furan rings is 1. The van der Waals surface area contributed by atoms with Gasteiger partial charge in [0.25, 0.3) is 0 Å². The van der Waals surface area contributed by atoms with E-state index in [0.717, 1.165) is 36.4 Å². The van der Waals surface area contributed by atoms with Crippen LogP contribution in [0.15, 0.2) is 53.2 Å². The molecular weight excluding hydrogens is 293 g/mol. The Balaban J connectivity index is 1.59. The summed E-state index contributed by atoms with van der Waals surface area (Å²) in [7, 11) is 0. The van der Waals surface area contributed by atoms with Crippen molar-refractivity contribution in [1.82, 2.24) is 15.2 Å². The monoisotopic (exact) mass is 311 g/mol. The lowest BCUT2D eigenvalue weighted by Gasteiger charge is -2.35. The molecule has 23 heavy (non-hydrogen) atoms. The smallest absolute Gasteiger partial charge is 0.134 e. The molecule has 0 bridgehead atoms. The van der Waals surface area contributed by atoms with Crippen LogP contribution in [-0.2, 0) is 6.54 Å². The quantitative estimate of drug-likeness (QED) is 0.807. The fourth-order valence-electron chi connectivity index (χ4n) is 3.18. The first kappa shape index (κ1) is 14.4. The summed E-state index contributed by atoms with van der Waals surface area (Å²) in [4.78, 5) is 6.60. The van der Waals surface area contributed by atoms with Gasteiger partial charge in [0.05, 0.1) is 6.54 Å². The SMILES string of the molecule is Fc1ccc2oc(CN3CCNCC3c3cccnc3)cc2c1. The molecule has 118 valence electrons. The van der Waals surface area contributed by atoms with Crippen molar-refractivity contribution in [2.24, 2.45) is 0 Å². The zero-order valence-corrected chi connectivity index (χ0v) is 12.7. The first-order chi connectivity index (χ1) is 11.3. The highest BCUT2D eigenvalue weighted by atomic mass is 19.1. The fraction of sp³-hybridized carbons (Fsp3) is 0.278. The second kappa shape index (κ2) is 6.10. The van der Waals surface area contributed by atoms with Gasteiger partial charge in [-0.3, -0.25) is 9.88 Å². The first-order valence-electron chi connectivity index (χ1n) is 7.82. The molecule has 1 fully saturated rings. The van der Waals surface area contributed by atoms with Gasteiger partial charge in [-0.1, -0.05) is 6.07 Å². The number of rotatable bonds is 3. The number of hydrogen-bond donors (Lipinski definition) is 1. The molecule has 4 nitrogen and oxygen atoms in total. The first-order valence-corrected chi connectivity index (χ1v) is 7.82. The number of hydrogen-bond acceptors (Lipinski definition) is 4. The van der Waals surface area contributed by atoms with Gasteiger partial charge in [-0.05, 0) is 35.9 Å². The van der Waals surface area contributed by atoms with Crippen LogP contribution in [0.3, 0.4) is 0 Å². The number of nitrogens with one attached hydrogen (secondary N) is 1. The molecule has 1 atom stereocenters. The summed E-state index contributed by atoms with van der Waals surface area (Å²) >= 11 is 0. The molecule has 0 saturated carbocycles. The van der Waals surface area contributed by atoms with Crippen molar-refractivity contribution in [2.45, 2.75) is 12.6 Å². The lowest BCUT2D eigenvalue weighted by Crippen LogP contribution is -2.45. The van der Waals surface area contributed by atoms with Crippen molar-refractivity contribution < 1.29 is 8.81 Å². The molecule has 1 aromatic carbocycles. The third-order valence-corrected chi connectivity index (χ3v) is 4.31. The average molecular weight is 311 g/mol. The van der Waals surface area contributed by atoms with Gasteiger partial charge in [-0.15, -0.1) is 0 Å². The van der Waals surface area contributed by atoms with Gasteiger partial charge in [0, 0.05) is 43.5 Å². The summed E-state index contributed by atoms with van der Waals surface area (Å²) < 4.78 is 19.2. The lowest BCUT2D eigenvalue weighted by atomic mass is 10.1. The molecule has 0 amide bonds. The molecule has 0 radical (unpaired) electrons. The second-order valence-electron chi connectivity index (χ2n) is 5.87. The third-order valence-electron chi connectivity index (χ3n) is 4.31. The van der Waals surface area contributed by atoms with E-state index in [9.17, 15) is 4.39 Å². The Hall–Kier alpha value is -2.24. The third kappa shape index (κ3) is 2.98. The van der Waals surface area contributed by atoms with Crippen LogP contribution in [0.5, 0.6) is 0 Å². The molecule has 5 heteroatoms. The molecule has 0 spiro atoms. The minimum absolute atomic E-state index is 0.236. The number of fused-ring (bicyclic) bond motifs is 1. The van der Waals surface area contributed by atoms with Crippen molar-refractivity contribution in [2.75, 3.05) is 19.6 Å². The Bertz CT molecular complexity index is 802. The Morgan fingerprint density at radius 1 is 1.30 bits per heavy atom. The molecule has 1 saturated heterocycles. The minimum atomic E-state index is -0.236. The van der Waals surface area contributed by atoms with Crippen molar-refractivity contribution >= 4 is 11.0 Å². The number of aromatic nitrogens is 1. The van der Waals surface area contributed by atoms with Crippen molar-refractivity contribution in [3.05, 3.63) is 65.9 Å². The van der Waals surface area contributed by atoms with Crippen LogP contribution in [-0.4, -0.2) is 29.5 Å². The Labute approximate surface area is 133 Å². The second-order valence-corrected chi connectivity index (χ2v) is 5.87. The van der Waals surface area contributed by atoms with E-state index in [1.54, 1.807) is 12.3 Å². The Morgan fingerprint density at radius 2 is 2.26 bits per heavy atom. The van der Waals surface area contributed by atoms with E-state index in [2.05, 4.69) is 21.3 Å². The van der Waals surface area contributed by atoms with E-state index < -0.39 is 0 Å². The van der Waals surface area contributed by atoms with Gasteiger partial charge in [-0.2, -0.15) is 0 Å². The van der Waals surface area contributed by atoms with E-state index in [1.165, 1.54) is 17.7 Å². The predicted octanol–water partition coefficient (Wildman–Crippen LogP) is 3.11. The summed E-state index contributed by atoms with van der Waals surface area (Å²) in [5.74, 6) is 0.627. The van der Waals surface area contributed by atoms with E-state index in [1.807, 2.05) is 18.3 Å². The summed E-state index contributed by atoms with van der Waals surface area (Å²) in [6.07, 6.45) is 3.70. The van der Waals surface area contributed by atoms with Gasteiger partial charge in [0.1, 0.15) is 17.2 Å². The topological polar surface area (TPSA) is 41.3 Å². The maximum atomic E-state index is 13.3. The van der Waals surface area contributed by atoms with Crippen LogP contribution in [0.1, 0.15) is 17.4 Å². The van der Waals surface area contributed by atoms with Crippen LogP contribution in [0, 0.1) is 5.82 Å². The van der Waals surface area contributed by atoms with Crippen molar-refractivity contribution in [3.63, 3.8) is 0 Å². The van der Waals surface area contributed by atoms with Gasteiger partial charge < -0.3 is 9.73 Å².